The third-order valence-electron chi connectivity index (χ3n) is 5.25. The molecule has 1 aromatic carbocycles. The average molecular weight is 329 g/mol. The minimum Gasteiger partial charge on any atom is -0.377 e. The lowest BCUT2D eigenvalue weighted by Crippen LogP contribution is -2.11. The van der Waals surface area contributed by atoms with Crippen molar-refractivity contribution in [3.63, 3.8) is 0 Å². The number of benzene rings is 1. The molecule has 1 aromatic rings. The predicted molar refractivity (Wildman–Crippen MR) is 104 cm³/mol. The van der Waals surface area contributed by atoms with E-state index in [1.54, 1.807) is 0 Å². The topological polar surface area (TPSA) is 9.23 Å². The van der Waals surface area contributed by atoms with Crippen LogP contribution in [-0.4, -0.2) is 6.61 Å². The molecule has 0 radical (unpaired) electrons. The van der Waals surface area contributed by atoms with Crippen LogP contribution in [0.2, 0.25) is 0 Å². The van der Waals surface area contributed by atoms with Crippen molar-refractivity contribution >= 4 is 0 Å². The van der Waals surface area contributed by atoms with Crippen molar-refractivity contribution in [3.8, 4) is 0 Å². The highest BCUT2D eigenvalue weighted by Crippen LogP contribution is 2.36. The van der Waals surface area contributed by atoms with Crippen molar-refractivity contribution in [2.45, 2.75) is 84.2 Å². The van der Waals surface area contributed by atoms with Crippen molar-refractivity contribution in [1.82, 2.24) is 0 Å². The summed E-state index contributed by atoms with van der Waals surface area (Å²) in [5.74, 6) is 1.59. The molecule has 1 heteroatoms. The molecule has 1 fully saturated rings. The molecule has 0 N–H and O–H groups in total. The third kappa shape index (κ3) is 6.81. The highest BCUT2D eigenvalue weighted by molar-refractivity contribution is 5.25. The smallest absolute Gasteiger partial charge is 0.0716 e. The van der Waals surface area contributed by atoms with Crippen molar-refractivity contribution < 1.29 is 4.74 Å². The SMILES string of the molecule is CCC/C=C/C1CCC(c2ccc(COCCCCC)cc2)CC1. The number of unbranched alkanes of at least 4 members (excludes halogenated alkanes) is 3. The molecule has 1 saturated carbocycles. The second-order valence-electron chi connectivity index (χ2n) is 7.33. The first-order valence-electron chi connectivity index (χ1n) is 10.2. The van der Waals surface area contributed by atoms with Gasteiger partial charge in [-0.1, -0.05) is 69.5 Å². The Bertz CT molecular complexity index is 451. The second kappa shape index (κ2) is 11.5. The van der Waals surface area contributed by atoms with Gasteiger partial charge in [-0.05, 0) is 61.5 Å². The molecule has 0 amide bonds. The van der Waals surface area contributed by atoms with Crippen molar-refractivity contribution in [2.24, 2.45) is 5.92 Å². The minimum atomic E-state index is 0.763. The summed E-state index contributed by atoms with van der Waals surface area (Å²) >= 11 is 0. The van der Waals surface area contributed by atoms with Crippen molar-refractivity contribution in [1.29, 1.82) is 0 Å². The van der Waals surface area contributed by atoms with Gasteiger partial charge in [0.2, 0.25) is 0 Å². The molecule has 2 rings (SSSR count). The summed E-state index contributed by atoms with van der Waals surface area (Å²) < 4.78 is 5.76. The Hall–Kier alpha value is -1.08. The molecule has 1 aliphatic rings. The molecule has 0 heterocycles. The Morgan fingerprint density at radius 2 is 1.71 bits per heavy atom. The van der Waals surface area contributed by atoms with E-state index in [-0.39, 0.29) is 0 Å². The molecule has 0 saturated heterocycles. The minimum absolute atomic E-state index is 0.763. The quantitative estimate of drug-likeness (QED) is 0.331. The van der Waals surface area contributed by atoms with Gasteiger partial charge in [0.15, 0.2) is 0 Å². The number of rotatable bonds is 10. The highest BCUT2D eigenvalue weighted by atomic mass is 16.5. The Labute approximate surface area is 149 Å². The van der Waals surface area contributed by atoms with Crippen LogP contribution in [0.15, 0.2) is 36.4 Å². The third-order valence-corrected chi connectivity index (χ3v) is 5.25. The zero-order valence-electron chi connectivity index (χ0n) is 15.8. The average Bonchev–Trinajstić information content (AvgIpc) is 2.63. The Balaban J connectivity index is 1.72. The molecular weight excluding hydrogens is 292 g/mol. The van der Waals surface area contributed by atoms with Crippen LogP contribution in [0.5, 0.6) is 0 Å². The molecular formula is C23H36O. The first-order chi connectivity index (χ1) is 11.8. The molecule has 1 aliphatic carbocycles. The van der Waals surface area contributed by atoms with Gasteiger partial charge in [0, 0.05) is 6.61 Å². The molecule has 0 unspecified atom stereocenters. The molecule has 0 aliphatic heterocycles. The van der Waals surface area contributed by atoms with Crippen LogP contribution in [0.4, 0.5) is 0 Å². The van der Waals surface area contributed by atoms with Gasteiger partial charge in [-0.2, -0.15) is 0 Å². The van der Waals surface area contributed by atoms with Gasteiger partial charge in [-0.25, -0.2) is 0 Å². The van der Waals surface area contributed by atoms with Gasteiger partial charge >= 0.3 is 0 Å². The molecule has 0 spiro atoms. The maximum absolute atomic E-state index is 5.76. The summed E-state index contributed by atoms with van der Waals surface area (Å²) in [5.41, 5.74) is 2.84. The van der Waals surface area contributed by atoms with E-state index in [2.05, 4.69) is 50.3 Å². The zero-order valence-corrected chi connectivity index (χ0v) is 15.8. The summed E-state index contributed by atoms with van der Waals surface area (Å²) in [5, 5.41) is 0. The van der Waals surface area contributed by atoms with E-state index < -0.39 is 0 Å². The summed E-state index contributed by atoms with van der Waals surface area (Å²) in [6.45, 7) is 6.14. The molecule has 1 nitrogen and oxygen atoms in total. The van der Waals surface area contributed by atoms with Crippen molar-refractivity contribution in [3.05, 3.63) is 47.5 Å². The standard InChI is InChI=1S/C23H36O/c1-3-5-7-9-20-10-14-22(15-11-20)23-16-12-21(13-17-23)19-24-18-8-6-4-2/h7,9,12-13,16-17,20,22H,3-6,8,10-11,14-15,18-19H2,1-2H3/b9-7+. The van der Waals surface area contributed by atoms with E-state index in [1.165, 1.54) is 68.9 Å². The van der Waals surface area contributed by atoms with Gasteiger partial charge in [0.1, 0.15) is 0 Å². The van der Waals surface area contributed by atoms with Crippen LogP contribution in [0.3, 0.4) is 0 Å². The molecule has 0 aromatic heterocycles. The highest BCUT2D eigenvalue weighted by Gasteiger charge is 2.20. The fraction of sp³-hybridized carbons (Fsp3) is 0.652. The van der Waals surface area contributed by atoms with E-state index in [4.69, 9.17) is 4.74 Å². The number of ether oxygens (including phenoxy) is 1. The van der Waals surface area contributed by atoms with Gasteiger partial charge in [-0.15, -0.1) is 0 Å². The van der Waals surface area contributed by atoms with Gasteiger partial charge in [-0.3, -0.25) is 0 Å². The summed E-state index contributed by atoms with van der Waals surface area (Å²) in [4.78, 5) is 0. The van der Waals surface area contributed by atoms with Crippen LogP contribution < -0.4 is 0 Å². The van der Waals surface area contributed by atoms with E-state index in [1.807, 2.05) is 0 Å². The number of hydrogen-bond acceptors (Lipinski definition) is 1. The van der Waals surface area contributed by atoms with Crippen LogP contribution in [0.1, 0.15) is 88.7 Å². The Morgan fingerprint density at radius 3 is 2.38 bits per heavy atom. The van der Waals surface area contributed by atoms with E-state index in [0.29, 0.717) is 0 Å². The largest absolute Gasteiger partial charge is 0.377 e. The normalized spacial score (nSPS) is 21.4. The maximum Gasteiger partial charge on any atom is 0.0716 e. The second-order valence-corrected chi connectivity index (χ2v) is 7.33. The zero-order chi connectivity index (χ0) is 17.0. The van der Waals surface area contributed by atoms with Crippen LogP contribution in [0.25, 0.3) is 0 Å². The maximum atomic E-state index is 5.76. The van der Waals surface area contributed by atoms with Crippen molar-refractivity contribution in [2.75, 3.05) is 6.61 Å². The fourth-order valence-corrected chi connectivity index (χ4v) is 3.63. The fourth-order valence-electron chi connectivity index (χ4n) is 3.63. The van der Waals surface area contributed by atoms with Gasteiger partial charge in [0.25, 0.3) is 0 Å². The number of allylic oxidation sites excluding steroid dienone is 2. The lowest BCUT2D eigenvalue weighted by molar-refractivity contribution is 0.117. The van der Waals surface area contributed by atoms with Crippen LogP contribution >= 0.6 is 0 Å². The van der Waals surface area contributed by atoms with Crippen LogP contribution in [0, 0.1) is 5.92 Å². The van der Waals surface area contributed by atoms with E-state index in [9.17, 15) is 0 Å². The lowest BCUT2D eigenvalue weighted by atomic mass is 9.78. The summed E-state index contributed by atoms with van der Waals surface area (Å²) in [6.07, 6.45) is 16.5. The first-order valence-corrected chi connectivity index (χ1v) is 10.2. The lowest BCUT2D eigenvalue weighted by Gasteiger charge is -2.27. The summed E-state index contributed by atoms with van der Waals surface area (Å²) in [6, 6.07) is 9.20. The van der Waals surface area contributed by atoms with E-state index >= 15 is 0 Å². The molecule has 134 valence electrons. The predicted octanol–water partition coefficient (Wildman–Crippen LogP) is 7.02. The van der Waals surface area contributed by atoms with Gasteiger partial charge in [0.05, 0.1) is 6.61 Å². The Kier molecular flexibility index (Phi) is 9.20. The number of hydrogen-bond donors (Lipinski definition) is 0. The first kappa shape index (κ1) is 19.2. The van der Waals surface area contributed by atoms with Crippen LogP contribution in [-0.2, 0) is 11.3 Å². The van der Waals surface area contributed by atoms with Gasteiger partial charge < -0.3 is 4.74 Å². The molecule has 0 atom stereocenters. The molecule has 24 heavy (non-hydrogen) atoms. The summed E-state index contributed by atoms with van der Waals surface area (Å²) in [7, 11) is 0. The Morgan fingerprint density at radius 1 is 0.958 bits per heavy atom. The van der Waals surface area contributed by atoms with E-state index in [0.717, 1.165) is 25.0 Å². The monoisotopic (exact) mass is 328 g/mol. The molecule has 0 bridgehead atoms.